The van der Waals surface area contributed by atoms with Crippen LogP contribution in [-0.4, -0.2) is 37.9 Å². The van der Waals surface area contributed by atoms with Gasteiger partial charge in [0.1, 0.15) is 6.54 Å². The zero-order valence-electron chi connectivity index (χ0n) is 18.3. The average Bonchev–Trinajstić information content (AvgIpc) is 2.81. The molecule has 0 aliphatic heterocycles. The number of carboxylic acids is 1. The zero-order valence-corrected chi connectivity index (χ0v) is 19.1. The van der Waals surface area contributed by atoms with E-state index in [0.29, 0.717) is 5.56 Å². The molecule has 0 aromatic heterocycles. The van der Waals surface area contributed by atoms with Gasteiger partial charge >= 0.3 is 5.97 Å². The Kier molecular flexibility index (Phi) is 7.32. The largest absolute Gasteiger partial charge is 0.478 e. The van der Waals surface area contributed by atoms with Crippen LogP contribution in [0.3, 0.4) is 0 Å². The molecule has 0 bridgehead atoms. The first-order chi connectivity index (χ1) is 16.1. The number of nitrogens with one attached hydrogen (secondary N) is 1. The van der Waals surface area contributed by atoms with Crippen molar-refractivity contribution in [2.24, 2.45) is 5.73 Å². The Morgan fingerprint density at radius 3 is 2.29 bits per heavy atom. The van der Waals surface area contributed by atoms with Crippen LogP contribution in [0.2, 0.25) is 0 Å². The number of carbonyl (C=O) groups is 3. The van der Waals surface area contributed by atoms with E-state index in [1.807, 2.05) is 6.92 Å². The first kappa shape index (κ1) is 24.5. The fourth-order valence-corrected chi connectivity index (χ4v) is 4.68. The SMILES string of the molecule is Cc1ccc(S(=O)(=O)N(CC(=O)NCc2cccc(C(=O)O)c2)c2ccccc2C(N)=O)cc1. The maximum absolute atomic E-state index is 13.5. The highest BCUT2D eigenvalue weighted by atomic mass is 32.2. The van der Waals surface area contributed by atoms with E-state index < -0.39 is 34.4 Å². The molecule has 10 heteroatoms. The van der Waals surface area contributed by atoms with Gasteiger partial charge < -0.3 is 16.2 Å². The van der Waals surface area contributed by atoms with E-state index in [4.69, 9.17) is 10.8 Å². The number of hydrogen-bond acceptors (Lipinski definition) is 5. The molecule has 34 heavy (non-hydrogen) atoms. The number of nitrogens with zero attached hydrogens (tertiary/aromatic N) is 1. The van der Waals surface area contributed by atoms with E-state index in [1.54, 1.807) is 24.3 Å². The lowest BCUT2D eigenvalue weighted by Gasteiger charge is -2.25. The van der Waals surface area contributed by atoms with Gasteiger partial charge in [0.2, 0.25) is 5.91 Å². The number of hydrogen-bond donors (Lipinski definition) is 3. The molecule has 176 valence electrons. The van der Waals surface area contributed by atoms with Gasteiger partial charge in [-0.15, -0.1) is 0 Å². The zero-order chi connectivity index (χ0) is 24.9. The molecule has 0 unspecified atom stereocenters. The van der Waals surface area contributed by atoms with Crippen molar-refractivity contribution in [3.8, 4) is 0 Å². The Balaban J connectivity index is 1.92. The van der Waals surface area contributed by atoms with E-state index >= 15 is 0 Å². The van der Waals surface area contributed by atoms with Crippen molar-refractivity contribution in [1.29, 1.82) is 0 Å². The Labute approximate surface area is 196 Å². The second-order valence-electron chi connectivity index (χ2n) is 7.49. The van der Waals surface area contributed by atoms with Crippen molar-refractivity contribution in [2.45, 2.75) is 18.4 Å². The van der Waals surface area contributed by atoms with Gasteiger partial charge in [-0.3, -0.25) is 13.9 Å². The summed E-state index contributed by atoms with van der Waals surface area (Å²) in [6.45, 7) is 1.16. The Morgan fingerprint density at radius 2 is 1.65 bits per heavy atom. The minimum Gasteiger partial charge on any atom is -0.478 e. The molecular formula is C24H23N3O6S. The van der Waals surface area contributed by atoms with Crippen LogP contribution in [-0.2, 0) is 21.4 Å². The second-order valence-corrected chi connectivity index (χ2v) is 9.35. The van der Waals surface area contributed by atoms with E-state index in [9.17, 15) is 22.8 Å². The molecule has 4 N–H and O–H groups in total. The predicted molar refractivity (Wildman–Crippen MR) is 126 cm³/mol. The van der Waals surface area contributed by atoms with Crippen LogP contribution in [0, 0.1) is 6.92 Å². The molecule has 0 fully saturated rings. The Bertz CT molecular complexity index is 1340. The molecule has 0 spiro atoms. The number of rotatable bonds is 9. The number of anilines is 1. The van der Waals surface area contributed by atoms with Crippen LogP contribution >= 0.6 is 0 Å². The first-order valence-corrected chi connectivity index (χ1v) is 11.6. The van der Waals surface area contributed by atoms with Gasteiger partial charge in [0, 0.05) is 6.54 Å². The van der Waals surface area contributed by atoms with Crippen molar-refractivity contribution in [3.05, 3.63) is 95.1 Å². The van der Waals surface area contributed by atoms with Crippen LogP contribution < -0.4 is 15.4 Å². The third kappa shape index (κ3) is 5.59. The minimum atomic E-state index is -4.24. The molecule has 3 rings (SSSR count). The highest BCUT2D eigenvalue weighted by Crippen LogP contribution is 2.27. The summed E-state index contributed by atoms with van der Waals surface area (Å²) in [5, 5.41) is 11.7. The molecule has 0 saturated heterocycles. The van der Waals surface area contributed by atoms with Crippen molar-refractivity contribution in [1.82, 2.24) is 5.32 Å². The molecule has 3 aromatic rings. The molecule has 0 atom stereocenters. The van der Waals surface area contributed by atoms with Crippen LogP contribution in [0.5, 0.6) is 0 Å². The number of carbonyl (C=O) groups excluding carboxylic acids is 2. The number of primary amides is 1. The van der Waals surface area contributed by atoms with E-state index in [2.05, 4.69) is 5.32 Å². The number of sulfonamides is 1. The second kappa shape index (κ2) is 10.2. The third-order valence-electron chi connectivity index (χ3n) is 5.00. The smallest absolute Gasteiger partial charge is 0.335 e. The Hall–Kier alpha value is -4.18. The summed E-state index contributed by atoms with van der Waals surface area (Å²) in [6.07, 6.45) is 0. The number of para-hydroxylation sites is 1. The van der Waals surface area contributed by atoms with Crippen molar-refractivity contribution >= 4 is 33.5 Å². The van der Waals surface area contributed by atoms with Crippen molar-refractivity contribution < 1.29 is 27.9 Å². The summed E-state index contributed by atoms with van der Waals surface area (Å²) in [5.41, 5.74) is 6.80. The third-order valence-corrected chi connectivity index (χ3v) is 6.77. The van der Waals surface area contributed by atoms with Crippen LogP contribution in [0.1, 0.15) is 31.8 Å². The summed E-state index contributed by atoms with van der Waals surface area (Å²) < 4.78 is 27.8. The standard InChI is InChI=1S/C24H23N3O6S/c1-16-9-11-19(12-10-16)34(32,33)27(21-8-3-2-7-20(21)23(25)29)15-22(28)26-14-17-5-4-6-18(13-17)24(30)31/h2-13H,14-15H2,1H3,(H2,25,29)(H,26,28)(H,30,31). The number of benzene rings is 3. The van der Waals surface area contributed by atoms with Gasteiger partial charge in [-0.05, 0) is 48.9 Å². The van der Waals surface area contributed by atoms with Crippen molar-refractivity contribution in [3.63, 3.8) is 0 Å². The fourth-order valence-electron chi connectivity index (χ4n) is 3.24. The fraction of sp³-hybridized carbons (Fsp3) is 0.125. The first-order valence-electron chi connectivity index (χ1n) is 10.2. The van der Waals surface area contributed by atoms with E-state index in [1.165, 1.54) is 48.5 Å². The molecule has 9 nitrogen and oxygen atoms in total. The number of aromatic carboxylic acids is 1. The normalized spacial score (nSPS) is 11.0. The Morgan fingerprint density at radius 1 is 0.971 bits per heavy atom. The molecule has 0 saturated carbocycles. The van der Waals surface area contributed by atoms with Crippen molar-refractivity contribution in [2.75, 3.05) is 10.8 Å². The molecule has 2 amide bonds. The lowest BCUT2D eigenvalue weighted by atomic mass is 10.1. The van der Waals surface area contributed by atoms with Crippen LogP contribution in [0.4, 0.5) is 5.69 Å². The highest BCUT2D eigenvalue weighted by Gasteiger charge is 2.29. The van der Waals surface area contributed by atoms with E-state index in [0.717, 1.165) is 9.87 Å². The molecule has 0 aliphatic rings. The quantitative estimate of drug-likeness (QED) is 0.427. The lowest BCUT2D eigenvalue weighted by Crippen LogP contribution is -2.41. The van der Waals surface area contributed by atoms with Gasteiger partial charge in [-0.1, -0.05) is 42.0 Å². The van der Waals surface area contributed by atoms with Gasteiger partial charge in [-0.2, -0.15) is 0 Å². The topological polar surface area (TPSA) is 147 Å². The molecule has 0 radical (unpaired) electrons. The van der Waals surface area contributed by atoms with E-state index in [-0.39, 0.29) is 28.3 Å². The molecule has 0 aliphatic carbocycles. The van der Waals surface area contributed by atoms with Crippen LogP contribution in [0.25, 0.3) is 0 Å². The number of carboxylic acid groups (broad SMARTS) is 1. The van der Waals surface area contributed by atoms with Crippen LogP contribution in [0.15, 0.2) is 77.7 Å². The van der Waals surface area contributed by atoms with Gasteiger partial charge in [0.25, 0.3) is 15.9 Å². The number of nitrogens with two attached hydrogens (primary N) is 1. The van der Waals surface area contributed by atoms with Gasteiger partial charge in [0.15, 0.2) is 0 Å². The maximum Gasteiger partial charge on any atom is 0.335 e. The summed E-state index contributed by atoms with van der Waals surface area (Å²) >= 11 is 0. The molecular weight excluding hydrogens is 458 g/mol. The summed E-state index contributed by atoms with van der Waals surface area (Å²) in [6, 6.07) is 17.9. The van der Waals surface area contributed by atoms with Gasteiger partial charge in [-0.25, -0.2) is 13.2 Å². The molecule has 0 heterocycles. The monoisotopic (exact) mass is 481 g/mol. The maximum atomic E-state index is 13.5. The molecule has 3 aromatic carbocycles. The average molecular weight is 482 g/mol. The predicted octanol–water partition coefficient (Wildman–Crippen LogP) is 2.30. The lowest BCUT2D eigenvalue weighted by molar-refractivity contribution is -0.119. The summed E-state index contributed by atoms with van der Waals surface area (Å²) in [5.74, 6) is -2.60. The number of aryl methyl sites for hydroxylation is 1. The van der Waals surface area contributed by atoms with Gasteiger partial charge in [0.05, 0.1) is 21.7 Å². The summed E-state index contributed by atoms with van der Waals surface area (Å²) in [7, 11) is -4.24. The highest BCUT2D eigenvalue weighted by molar-refractivity contribution is 7.92. The minimum absolute atomic E-state index is 0.0180. The number of amides is 2. The summed E-state index contributed by atoms with van der Waals surface area (Å²) in [4.78, 5) is 35.8.